The number of nitrogens with one attached hydrogen (secondary N) is 1. The fourth-order valence-electron chi connectivity index (χ4n) is 5.19. The Kier molecular flexibility index (Phi) is 14.5. The number of carbonyl (C=O) groups excluding carboxylic acids is 1. The van der Waals surface area contributed by atoms with Crippen LogP contribution in [-0.2, 0) is 26.4 Å². The summed E-state index contributed by atoms with van der Waals surface area (Å²) in [5.41, 5.74) is 2.19. The number of aromatic nitrogens is 2. The van der Waals surface area contributed by atoms with Gasteiger partial charge in [0, 0.05) is 30.7 Å². The molecule has 3 atom stereocenters. The summed E-state index contributed by atoms with van der Waals surface area (Å²) in [6.07, 6.45) is 12.1. The lowest BCUT2D eigenvalue weighted by Gasteiger charge is -2.38. The van der Waals surface area contributed by atoms with Crippen LogP contribution in [0.5, 0.6) is 0 Å². The molecule has 0 saturated heterocycles. The van der Waals surface area contributed by atoms with Gasteiger partial charge < -0.3 is 18.2 Å². The molecule has 2 heterocycles. The maximum Gasteiger partial charge on any atom is 0.342 e. The Morgan fingerprint density at radius 1 is 1.11 bits per heavy atom. The molecule has 0 unspecified atom stereocenters. The summed E-state index contributed by atoms with van der Waals surface area (Å²) in [4.78, 5) is 18.0. The van der Waals surface area contributed by atoms with E-state index in [0.717, 1.165) is 31.4 Å². The molecule has 46 heavy (non-hydrogen) atoms. The highest BCUT2D eigenvalue weighted by molar-refractivity contribution is 6.74. The fourth-order valence-corrected chi connectivity index (χ4v) is 8.02. The van der Waals surface area contributed by atoms with Crippen LogP contribution >= 0.6 is 0 Å². The second-order valence-electron chi connectivity index (χ2n) is 15.7. The number of fused-ring (bicyclic) bond motifs is 1. The molecule has 1 aromatic rings. The molecular weight excluding hydrogens is 607 g/mol. The van der Waals surface area contributed by atoms with Crippen LogP contribution in [0.4, 0.5) is 0 Å². The first-order valence-corrected chi connectivity index (χ1v) is 23.0. The van der Waals surface area contributed by atoms with E-state index >= 15 is 0 Å². The van der Waals surface area contributed by atoms with E-state index in [9.17, 15) is 4.79 Å². The second kappa shape index (κ2) is 16.7. The largest absolute Gasteiger partial charge is 0.458 e. The maximum atomic E-state index is 13.3. The number of carbonyl (C=O) groups is 1. The Morgan fingerprint density at radius 2 is 1.74 bits per heavy atom. The molecule has 0 saturated carbocycles. The minimum atomic E-state index is -1.86. The van der Waals surface area contributed by atoms with Crippen LogP contribution < -0.4 is 5.62 Å². The van der Waals surface area contributed by atoms with Gasteiger partial charge in [-0.2, -0.15) is 0 Å². The highest BCUT2D eigenvalue weighted by atomic mass is 28.4. The zero-order chi connectivity index (χ0) is 34.9. The molecular formula is C37H63N3O4Si2. The molecule has 9 heteroatoms. The molecule has 2 rings (SSSR count). The summed E-state index contributed by atoms with van der Waals surface area (Å²) in [6.45, 7) is 30.8. The summed E-state index contributed by atoms with van der Waals surface area (Å²) in [6, 6.07) is 0.00908. The lowest BCUT2D eigenvalue weighted by molar-refractivity contribution is 0.0545. The van der Waals surface area contributed by atoms with Crippen molar-refractivity contribution in [1.82, 2.24) is 9.55 Å². The van der Waals surface area contributed by atoms with Gasteiger partial charge in [0.05, 0.1) is 11.8 Å². The first kappa shape index (κ1) is 39.9. The van der Waals surface area contributed by atoms with Gasteiger partial charge in [-0.25, -0.2) is 9.78 Å². The summed E-state index contributed by atoms with van der Waals surface area (Å²) in [5.74, 6) is 6.23. The van der Waals surface area contributed by atoms with E-state index in [4.69, 9.17) is 19.0 Å². The molecule has 0 aromatic carbocycles. The van der Waals surface area contributed by atoms with Crippen molar-refractivity contribution in [2.45, 2.75) is 161 Å². The van der Waals surface area contributed by atoms with Crippen molar-refractivity contribution in [3.05, 3.63) is 47.4 Å². The third-order valence-corrected chi connectivity index (χ3v) is 19.1. The van der Waals surface area contributed by atoms with E-state index < -0.39 is 16.6 Å². The average Bonchev–Trinajstić information content (AvgIpc) is 3.35. The van der Waals surface area contributed by atoms with Crippen molar-refractivity contribution in [2.24, 2.45) is 0 Å². The lowest BCUT2D eigenvalue weighted by atomic mass is 10.0. The molecule has 7 nitrogen and oxygen atoms in total. The zero-order valence-electron chi connectivity index (χ0n) is 31.1. The highest BCUT2D eigenvalue weighted by Gasteiger charge is 2.39. The normalized spacial score (nSPS) is 16.9. The molecule has 1 N–H and O–H groups in total. The quantitative estimate of drug-likeness (QED) is 0.0872. The Hall–Kier alpha value is -2.26. The summed E-state index contributed by atoms with van der Waals surface area (Å²) in [5, 5.41) is 9.16. The van der Waals surface area contributed by atoms with Crippen LogP contribution in [0.1, 0.15) is 122 Å². The standard InChI is InChI=1S/C37H63N3O4Si2/c1-14-27-42-34(41)33-31(24-20-21-28(3)43-45(10,11)36(4,5)6)39-35(38)40-29(25-26-32(33)40)22-18-16-17-19-23-30(15-2)44-46(12,13)37(7,8)9/h14,19,23,28-30,38H,1,15,17,20-22,24-27H2,2-13H3/b23-19+,38-35?/t28-,29-,30+/m1/s1. The van der Waals surface area contributed by atoms with E-state index in [1.807, 2.05) is 4.57 Å². The van der Waals surface area contributed by atoms with E-state index in [1.54, 1.807) is 6.08 Å². The van der Waals surface area contributed by atoms with Gasteiger partial charge in [-0.05, 0) is 81.7 Å². The van der Waals surface area contributed by atoms with Crippen LogP contribution in [0.25, 0.3) is 0 Å². The van der Waals surface area contributed by atoms with Gasteiger partial charge in [-0.3, -0.25) is 5.41 Å². The number of hydrogen-bond donors (Lipinski definition) is 1. The van der Waals surface area contributed by atoms with Crippen LogP contribution in [0.2, 0.25) is 36.3 Å². The molecule has 0 amide bonds. The molecule has 0 radical (unpaired) electrons. The lowest BCUT2D eigenvalue weighted by Crippen LogP contribution is -2.43. The van der Waals surface area contributed by atoms with Crippen molar-refractivity contribution in [3.8, 4) is 11.8 Å². The number of rotatable bonds is 15. The topological polar surface area (TPSA) is 86.4 Å². The predicted octanol–water partition coefficient (Wildman–Crippen LogP) is 9.07. The van der Waals surface area contributed by atoms with Crippen LogP contribution in [0, 0.1) is 17.3 Å². The fraction of sp³-hybridized carbons (Fsp3) is 0.703. The molecule has 0 spiro atoms. The van der Waals surface area contributed by atoms with Gasteiger partial charge in [0.15, 0.2) is 16.6 Å². The summed E-state index contributed by atoms with van der Waals surface area (Å²) >= 11 is 0. The summed E-state index contributed by atoms with van der Waals surface area (Å²) < 4.78 is 20.5. The second-order valence-corrected chi connectivity index (χ2v) is 25.3. The highest BCUT2D eigenvalue weighted by Crippen LogP contribution is 2.39. The first-order chi connectivity index (χ1) is 21.3. The van der Waals surface area contributed by atoms with Gasteiger partial charge in [-0.15, -0.1) is 5.92 Å². The number of allylic oxidation sites excluding steroid dienone is 1. The minimum absolute atomic E-state index is 0.00908. The SMILES string of the molecule is C=CCOC(=O)c1c(CCC[C@@H](C)O[Si](C)(C)C(C)(C)C)nc(=N)n2c1CC[C@H]2CC#CC/C=C/[C@H](CC)O[Si](C)(C)C(C)(C)C. The maximum absolute atomic E-state index is 13.3. The van der Waals surface area contributed by atoms with Crippen LogP contribution in [0.3, 0.4) is 0 Å². The van der Waals surface area contributed by atoms with Crippen molar-refractivity contribution < 1.29 is 18.4 Å². The van der Waals surface area contributed by atoms with E-state index in [2.05, 4.69) is 117 Å². The Labute approximate surface area is 282 Å². The Bertz CT molecular complexity index is 1340. The monoisotopic (exact) mass is 669 g/mol. The van der Waals surface area contributed by atoms with E-state index in [1.165, 1.54) is 0 Å². The predicted molar refractivity (Wildman–Crippen MR) is 195 cm³/mol. The van der Waals surface area contributed by atoms with Crippen molar-refractivity contribution in [3.63, 3.8) is 0 Å². The molecule has 0 aliphatic carbocycles. The zero-order valence-corrected chi connectivity index (χ0v) is 33.1. The smallest absolute Gasteiger partial charge is 0.342 e. The number of ether oxygens (including phenoxy) is 1. The number of hydrogen-bond acceptors (Lipinski definition) is 6. The Balaban J connectivity index is 2.16. The average molecular weight is 670 g/mol. The van der Waals surface area contributed by atoms with Crippen LogP contribution in [-0.4, -0.2) is 51.0 Å². The van der Waals surface area contributed by atoms with Crippen LogP contribution in [0.15, 0.2) is 24.8 Å². The van der Waals surface area contributed by atoms with Gasteiger partial charge in [0.25, 0.3) is 0 Å². The molecule has 0 fully saturated rings. The number of aryl methyl sites for hydroxylation is 1. The van der Waals surface area contributed by atoms with Gasteiger partial charge >= 0.3 is 5.97 Å². The van der Waals surface area contributed by atoms with Crippen molar-refractivity contribution >= 4 is 22.6 Å². The summed E-state index contributed by atoms with van der Waals surface area (Å²) in [7, 11) is -3.69. The Morgan fingerprint density at radius 3 is 2.33 bits per heavy atom. The molecule has 1 aliphatic rings. The third kappa shape index (κ3) is 10.9. The minimum Gasteiger partial charge on any atom is -0.458 e. The molecule has 1 aromatic heterocycles. The van der Waals surface area contributed by atoms with E-state index in [0.29, 0.717) is 36.9 Å². The van der Waals surface area contributed by atoms with Gasteiger partial charge in [0.1, 0.15) is 12.2 Å². The molecule has 0 bridgehead atoms. The van der Waals surface area contributed by atoms with Crippen molar-refractivity contribution in [2.75, 3.05) is 6.61 Å². The number of esters is 1. The van der Waals surface area contributed by atoms with Crippen molar-refractivity contribution in [1.29, 1.82) is 5.41 Å². The van der Waals surface area contributed by atoms with E-state index in [-0.39, 0.29) is 46.5 Å². The third-order valence-electron chi connectivity index (χ3n) is 9.97. The van der Waals surface area contributed by atoms with Gasteiger partial charge in [-0.1, -0.05) is 79.2 Å². The number of nitrogens with zero attached hydrogens (tertiary/aromatic N) is 2. The molecule has 1 aliphatic heterocycles. The first-order valence-electron chi connectivity index (χ1n) is 17.2. The molecule has 258 valence electrons. The van der Waals surface area contributed by atoms with Gasteiger partial charge in [0.2, 0.25) is 5.62 Å².